The molecular formula is C38H49ClF3N5O5. The molecule has 3 rings (SSSR count). The number of hydrogen-bond acceptors (Lipinski definition) is 6. The number of pyridine rings is 1. The first-order chi connectivity index (χ1) is 24.9. The molecule has 1 unspecified atom stereocenters. The van der Waals surface area contributed by atoms with Crippen molar-refractivity contribution in [3.8, 4) is 11.5 Å². The molecule has 0 aliphatic heterocycles. The Labute approximate surface area is 308 Å². The number of carbonyl (C=O) groups is 3. The van der Waals surface area contributed by atoms with Crippen LogP contribution in [-0.4, -0.2) is 34.0 Å². The summed E-state index contributed by atoms with van der Waals surface area (Å²) in [4.78, 5) is 41.2. The molecule has 1 aromatic heterocycles. The Balaban J connectivity index is 1.29. The number of aromatic nitrogens is 1. The number of nitrogens with zero attached hydrogens (tertiary/aromatic N) is 1. The third kappa shape index (κ3) is 16.3. The first-order valence-corrected chi connectivity index (χ1v) is 18.3. The Morgan fingerprint density at radius 2 is 1.37 bits per heavy atom. The van der Waals surface area contributed by atoms with Crippen molar-refractivity contribution in [2.75, 3.05) is 10.6 Å². The minimum Gasteiger partial charge on any atom is -0.457 e. The molecule has 0 fully saturated rings. The molecule has 4 amide bonds. The van der Waals surface area contributed by atoms with Gasteiger partial charge >= 0.3 is 12.2 Å². The Morgan fingerprint density at radius 1 is 0.769 bits per heavy atom. The van der Waals surface area contributed by atoms with Gasteiger partial charge in [-0.3, -0.25) is 25.4 Å². The molecule has 0 bridgehead atoms. The molecule has 0 spiro atoms. The molecule has 0 aliphatic rings. The molecule has 2 aromatic carbocycles. The molecule has 0 saturated heterocycles. The van der Waals surface area contributed by atoms with E-state index in [0.29, 0.717) is 23.6 Å². The number of alkyl halides is 3. The molecular weight excluding hydrogens is 699 g/mol. The summed E-state index contributed by atoms with van der Waals surface area (Å²) in [5, 5.41) is 14.4. The van der Waals surface area contributed by atoms with E-state index in [-0.39, 0.29) is 23.4 Å². The van der Waals surface area contributed by atoms with Crippen molar-refractivity contribution < 1.29 is 37.4 Å². The van der Waals surface area contributed by atoms with Crippen molar-refractivity contribution in [2.24, 2.45) is 0 Å². The fraction of sp³-hybridized carbons (Fsp3) is 0.474. The summed E-state index contributed by atoms with van der Waals surface area (Å²) in [7, 11) is 0. The van der Waals surface area contributed by atoms with Crippen molar-refractivity contribution in [3.05, 3.63) is 77.1 Å². The molecule has 1 atom stereocenters. The van der Waals surface area contributed by atoms with E-state index in [0.717, 1.165) is 82.8 Å². The maximum Gasteiger partial charge on any atom is 0.417 e. The summed E-state index contributed by atoms with van der Waals surface area (Å²) in [6, 6.07) is 11.4. The van der Waals surface area contributed by atoms with E-state index in [1.54, 1.807) is 12.1 Å². The molecule has 14 heteroatoms. The number of unbranched alkanes of at least 4 members (excludes halogenated alkanes) is 10. The van der Waals surface area contributed by atoms with E-state index in [9.17, 15) is 32.7 Å². The largest absolute Gasteiger partial charge is 0.457 e. The quantitative estimate of drug-likeness (QED) is 0.0543. The lowest BCUT2D eigenvalue weighted by Gasteiger charge is -2.13. The van der Waals surface area contributed by atoms with Crippen molar-refractivity contribution in [3.63, 3.8) is 0 Å². The zero-order valence-electron chi connectivity index (χ0n) is 29.5. The molecule has 1 heterocycles. The lowest BCUT2D eigenvalue weighted by atomic mass is 10.0. The highest BCUT2D eigenvalue weighted by Crippen LogP contribution is 2.36. The van der Waals surface area contributed by atoms with Gasteiger partial charge in [0, 0.05) is 30.1 Å². The summed E-state index contributed by atoms with van der Waals surface area (Å²) in [5.41, 5.74) is 3.99. The van der Waals surface area contributed by atoms with Gasteiger partial charge in [0.05, 0.1) is 16.7 Å². The number of aliphatic hydroxyl groups is 1. The molecule has 0 saturated carbocycles. The summed E-state index contributed by atoms with van der Waals surface area (Å²) in [5.74, 6) is -0.247. The van der Waals surface area contributed by atoms with Crippen LogP contribution in [0.3, 0.4) is 0 Å². The summed E-state index contributed by atoms with van der Waals surface area (Å²) in [6.07, 6.45) is 11.8. The monoisotopic (exact) mass is 747 g/mol. The van der Waals surface area contributed by atoms with Gasteiger partial charge in [0.2, 0.25) is 5.91 Å². The second-order valence-electron chi connectivity index (χ2n) is 12.6. The van der Waals surface area contributed by atoms with Crippen LogP contribution in [0.25, 0.3) is 0 Å². The molecule has 5 N–H and O–H groups in total. The number of aliphatic hydroxyl groups excluding tert-OH is 1. The number of anilines is 2. The molecule has 0 radical (unpaired) electrons. The Kier molecular flexibility index (Phi) is 18.2. The van der Waals surface area contributed by atoms with Crippen LogP contribution < -0.4 is 26.2 Å². The number of rotatable bonds is 21. The minimum absolute atomic E-state index is 0.0186. The number of amides is 4. The number of benzene rings is 2. The third-order valence-electron chi connectivity index (χ3n) is 8.24. The lowest BCUT2D eigenvalue weighted by molar-refractivity contribution is -0.137. The highest BCUT2D eigenvalue weighted by molar-refractivity contribution is 6.31. The number of halogens is 4. The van der Waals surface area contributed by atoms with Gasteiger partial charge in [0.15, 0.2) is 0 Å². The number of hydrogen-bond donors (Lipinski definition) is 5. The first kappa shape index (κ1) is 42.1. The van der Waals surface area contributed by atoms with Gasteiger partial charge in [-0.1, -0.05) is 89.2 Å². The number of carbonyl (C=O) groups excluding carboxylic acids is 3. The summed E-state index contributed by atoms with van der Waals surface area (Å²) >= 11 is 5.62. The molecule has 284 valence electrons. The fourth-order valence-corrected chi connectivity index (χ4v) is 5.61. The fourth-order valence-electron chi connectivity index (χ4n) is 5.39. The minimum atomic E-state index is -4.67. The van der Waals surface area contributed by atoms with E-state index in [2.05, 4.69) is 33.4 Å². The molecule has 10 nitrogen and oxygen atoms in total. The van der Waals surface area contributed by atoms with Crippen LogP contribution in [0.5, 0.6) is 11.5 Å². The van der Waals surface area contributed by atoms with Crippen LogP contribution >= 0.6 is 11.6 Å². The van der Waals surface area contributed by atoms with Crippen LogP contribution in [0.1, 0.15) is 119 Å². The summed E-state index contributed by atoms with van der Waals surface area (Å²) in [6.45, 7) is 2.19. The highest BCUT2D eigenvalue weighted by Gasteiger charge is 2.33. The third-order valence-corrected chi connectivity index (χ3v) is 8.57. The van der Waals surface area contributed by atoms with Crippen molar-refractivity contribution in [1.29, 1.82) is 0 Å². The van der Waals surface area contributed by atoms with Crippen molar-refractivity contribution in [2.45, 2.75) is 116 Å². The SMILES string of the molecule is CCCCCCC(O)CCCCCCCCCCC(=O)NNC(=O)c1cc(Oc2ccc(NC(=O)Nc3ccc(Cl)c(C(F)(F)F)c3)cc2)ccn1. The predicted molar refractivity (Wildman–Crippen MR) is 196 cm³/mol. The molecule has 52 heavy (non-hydrogen) atoms. The topological polar surface area (TPSA) is 142 Å². The van der Waals surface area contributed by atoms with E-state index >= 15 is 0 Å². The molecule has 3 aromatic rings. The highest BCUT2D eigenvalue weighted by atomic mass is 35.5. The number of hydrazine groups is 1. The van der Waals surface area contributed by atoms with E-state index in [1.165, 1.54) is 55.8 Å². The maximum atomic E-state index is 13.1. The van der Waals surface area contributed by atoms with Crippen LogP contribution in [0.2, 0.25) is 5.02 Å². The molecule has 0 aliphatic carbocycles. The predicted octanol–water partition coefficient (Wildman–Crippen LogP) is 10.2. The van der Waals surface area contributed by atoms with Crippen LogP contribution in [0.15, 0.2) is 60.8 Å². The maximum absolute atomic E-state index is 13.1. The summed E-state index contributed by atoms with van der Waals surface area (Å²) < 4.78 is 45.1. The van der Waals surface area contributed by atoms with Crippen molar-refractivity contribution in [1.82, 2.24) is 15.8 Å². The zero-order valence-corrected chi connectivity index (χ0v) is 30.3. The van der Waals surface area contributed by atoms with Gasteiger partial charge < -0.3 is 20.5 Å². The van der Waals surface area contributed by atoms with Gasteiger partial charge in [-0.15, -0.1) is 0 Å². The van der Waals surface area contributed by atoms with E-state index < -0.39 is 28.7 Å². The van der Waals surface area contributed by atoms with Crippen LogP contribution in [0.4, 0.5) is 29.3 Å². The van der Waals surface area contributed by atoms with Gasteiger partial charge in [-0.05, 0) is 67.8 Å². The average Bonchev–Trinajstić information content (AvgIpc) is 3.11. The van der Waals surface area contributed by atoms with Gasteiger partial charge in [-0.2, -0.15) is 13.2 Å². The number of ether oxygens (including phenoxy) is 1. The number of nitrogens with one attached hydrogen (secondary N) is 4. The number of urea groups is 1. The Morgan fingerprint density at radius 3 is 2.02 bits per heavy atom. The van der Waals surface area contributed by atoms with Crippen LogP contribution in [0, 0.1) is 0 Å². The van der Waals surface area contributed by atoms with Gasteiger partial charge in [0.1, 0.15) is 17.2 Å². The first-order valence-electron chi connectivity index (χ1n) is 17.9. The normalized spacial score (nSPS) is 11.8. The van der Waals surface area contributed by atoms with Crippen LogP contribution in [-0.2, 0) is 11.0 Å². The second-order valence-corrected chi connectivity index (χ2v) is 13.1. The standard InChI is InChI=1S/C38H49ClF3N5O5/c1-2-3-4-11-14-29(48)15-12-9-7-5-6-8-10-13-16-35(49)46-47-36(50)34-26-31(23-24-43-34)52-30-20-17-27(18-21-30)44-37(51)45-28-19-22-33(39)32(25-28)38(40,41)42/h17-26,29,48H,2-16H2,1H3,(H,46,49)(H,47,50)(H2,44,45,51). The second kappa shape index (κ2) is 22.5. The van der Waals surface area contributed by atoms with Crippen molar-refractivity contribution >= 4 is 40.8 Å². The van der Waals surface area contributed by atoms with E-state index in [4.69, 9.17) is 16.3 Å². The smallest absolute Gasteiger partial charge is 0.417 e. The van der Waals surface area contributed by atoms with E-state index in [1.807, 2.05) is 0 Å². The average molecular weight is 748 g/mol. The lowest BCUT2D eigenvalue weighted by Crippen LogP contribution is -2.41. The Hall–Kier alpha value is -4.36. The Bertz CT molecular complexity index is 1560. The van der Waals surface area contributed by atoms with Gasteiger partial charge in [-0.25, -0.2) is 4.79 Å². The zero-order chi connectivity index (χ0) is 37.8. The van der Waals surface area contributed by atoms with Gasteiger partial charge in [0.25, 0.3) is 5.91 Å².